The van der Waals surface area contributed by atoms with E-state index in [0.717, 1.165) is 17.5 Å². The number of benzene rings is 1. The van der Waals surface area contributed by atoms with Crippen molar-refractivity contribution in [1.82, 2.24) is 14.3 Å². The van der Waals surface area contributed by atoms with E-state index in [1.807, 2.05) is 43.5 Å². The van der Waals surface area contributed by atoms with Gasteiger partial charge in [0.05, 0.1) is 0 Å². The highest BCUT2D eigenvalue weighted by Crippen LogP contribution is 2.18. The van der Waals surface area contributed by atoms with Gasteiger partial charge in [-0.2, -0.15) is 0 Å². The molecule has 0 bridgehead atoms. The fraction of sp³-hybridized carbons (Fsp3) is 0.250. The van der Waals surface area contributed by atoms with E-state index in [0.29, 0.717) is 18.7 Å². The molecule has 0 fully saturated rings. The summed E-state index contributed by atoms with van der Waals surface area (Å²) >= 11 is 0. The molecule has 4 rings (SSSR count). The normalized spacial score (nSPS) is 13.5. The van der Waals surface area contributed by atoms with Crippen molar-refractivity contribution in [3.05, 3.63) is 71.2 Å². The summed E-state index contributed by atoms with van der Waals surface area (Å²) in [6.07, 6.45) is 4.27. The first kappa shape index (κ1) is 16.3. The van der Waals surface area contributed by atoms with Crippen LogP contribution in [-0.2, 0) is 22.5 Å². The van der Waals surface area contributed by atoms with Gasteiger partial charge in [0.15, 0.2) is 12.3 Å². The maximum absolute atomic E-state index is 12.4. The molecule has 1 amide bonds. The molecule has 0 spiro atoms. The van der Waals surface area contributed by atoms with Gasteiger partial charge in [0.1, 0.15) is 5.65 Å². The Balaban J connectivity index is 1.38. The van der Waals surface area contributed by atoms with Crippen LogP contribution in [0.4, 0.5) is 0 Å². The van der Waals surface area contributed by atoms with E-state index in [1.165, 1.54) is 5.56 Å². The second-order valence-corrected chi connectivity index (χ2v) is 6.51. The number of ether oxygens (including phenoxy) is 1. The number of imidazole rings is 1. The zero-order chi connectivity index (χ0) is 18.1. The second-order valence-electron chi connectivity index (χ2n) is 6.51. The monoisotopic (exact) mass is 349 g/mol. The number of amides is 1. The second kappa shape index (κ2) is 6.63. The van der Waals surface area contributed by atoms with Gasteiger partial charge in [-0.1, -0.05) is 24.3 Å². The molecule has 1 aliphatic rings. The Labute approximate surface area is 151 Å². The molecule has 1 aromatic carbocycles. The first-order valence-corrected chi connectivity index (χ1v) is 8.57. The Kier molecular flexibility index (Phi) is 4.16. The van der Waals surface area contributed by atoms with E-state index in [1.54, 1.807) is 15.5 Å². The quantitative estimate of drug-likeness (QED) is 0.681. The first-order valence-electron chi connectivity index (χ1n) is 8.57. The standard InChI is InChI=1S/C20H19N3O3/c1-14-6-8-22-12-17(21-18(22)10-14)20(25)26-13-19(24)23-9-7-15-4-2-3-5-16(15)11-23/h2-6,8,10,12H,7,9,11,13H2,1H3. The molecule has 0 N–H and O–H groups in total. The molecule has 26 heavy (non-hydrogen) atoms. The molecular formula is C20H19N3O3. The summed E-state index contributed by atoms with van der Waals surface area (Å²) in [5, 5.41) is 0. The van der Waals surface area contributed by atoms with E-state index in [4.69, 9.17) is 4.74 Å². The third-order valence-corrected chi connectivity index (χ3v) is 4.63. The Hall–Kier alpha value is -3.15. The van der Waals surface area contributed by atoms with Gasteiger partial charge in [-0.25, -0.2) is 9.78 Å². The topological polar surface area (TPSA) is 63.9 Å². The van der Waals surface area contributed by atoms with Gasteiger partial charge in [-0.15, -0.1) is 0 Å². The van der Waals surface area contributed by atoms with Crippen LogP contribution >= 0.6 is 0 Å². The van der Waals surface area contributed by atoms with Gasteiger partial charge >= 0.3 is 5.97 Å². The van der Waals surface area contributed by atoms with E-state index in [-0.39, 0.29) is 18.2 Å². The lowest BCUT2D eigenvalue weighted by Gasteiger charge is -2.28. The molecule has 1 aliphatic heterocycles. The smallest absolute Gasteiger partial charge is 0.359 e. The highest BCUT2D eigenvalue weighted by atomic mass is 16.5. The summed E-state index contributed by atoms with van der Waals surface area (Å²) in [5.41, 5.74) is 4.36. The molecule has 6 nitrogen and oxygen atoms in total. The molecule has 3 aromatic rings. The number of carbonyl (C=O) groups is 2. The molecule has 0 atom stereocenters. The van der Waals surface area contributed by atoms with Crippen molar-refractivity contribution in [2.24, 2.45) is 0 Å². The van der Waals surface area contributed by atoms with Crippen molar-refractivity contribution in [3.8, 4) is 0 Å². The van der Waals surface area contributed by atoms with Crippen molar-refractivity contribution >= 4 is 17.5 Å². The van der Waals surface area contributed by atoms with E-state index in [9.17, 15) is 9.59 Å². The third kappa shape index (κ3) is 3.18. The van der Waals surface area contributed by atoms with Gasteiger partial charge in [0.25, 0.3) is 5.91 Å². The van der Waals surface area contributed by atoms with E-state index in [2.05, 4.69) is 11.1 Å². The summed E-state index contributed by atoms with van der Waals surface area (Å²) in [4.78, 5) is 30.6. The highest BCUT2D eigenvalue weighted by Gasteiger charge is 2.22. The Morgan fingerprint density at radius 1 is 1.19 bits per heavy atom. The summed E-state index contributed by atoms with van der Waals surface area (Å²) < 4.78 is 6.94. The Bertz CT molecular complexity index is 993. The maximum atomic E-state index is 12.4. The molecule has 0 aliphatic carbocycles. The van der Waals surface area contributed by atoms with Gasteiger partial charge < -0.3 is 14.0 Å². The summed E-state index contributed by atoms with van der Waals surface area (Å²) in [6.45, 7) is 2.89. The number of hydrogen-bond acceptors (Lipinski definition) is 4. The predicted molar refractivity (Wildman–Crippen MR) is 95.8 cm³/mol. The van der Waals surface area contributed by atoms with Crippen LogP contribution in [0.25, 0.3) is 5.65 Å². The molecule has 132 valence electrons. The minimum atomic E-state index is -0.586. The number of rotatable bonds is 3. The summed E-state index contributed by atoms with van der Waals surface area (Å²) in [6, 6.07) is 11.9. The molecule has 6 heteroatoms. The first-order chi connectivity index (χ1) is 12.6. The van der Waals surface area contributed by atoms with Crippen molar-refractivity contribution in [2.45, 2.75) is 19.9 Å². The fourth-order valence-electron chi connectivity index (χ4n) is 3.18. The van der Waals surface area contributed by atoms with Gasteiger partial charge in [-0.3, -0.25) is 4.79 Å². The van der Waals surface area contributed by atoms with Crippen LogP contribution < -0.4 is 0 Å². The Morgan fingerprint density at radius 3 is 2.85 bits per heavy atom. The average Bonchev–Trinajstić information content (AvgIpc) is 3.08. The summed E-state index contributed by atoms with van der Waals surface area (Å²) in [5.74, 6) is -0.774. The van der Waals surface area contributed by atoms with Gasteiger partial charge in [-0.05, 0) is 42.2 Å². The zero-order valence-electron chi connectivity index (χ0n) is 14.5. The van der Waals surface area contributed by atoms with Crippen molar-refractivity contribution in [2.75, 3.05) is 13.2 Å². The van der Waals surface area contributed by atoms with Crippen LogP contribution in [0.5, 0.6) is 0 Å². The SMILES string of the molecule is Cc1ccn2cc(C(=O)OCC(=O)N3CCc4ccccc4C3)nc2c1. The predicted octanol–water partition coefficient (Wildman–Crippen LogP) is 2.38. The number of hydrogen-bond donors (Lipinski definition) is 0. The lowest BCUT2D eigenvalue weighted by Crippen LogP contribution is -2.38. The average molecular weight is 349 g/mol. The lowest BCUT2D eigenvalue weighted by atomic mass is 10.00. The minimum absolute atomic E-state index is 0.188. The molecule has 3 heterocycles. The van der Waals surface area contributed by atoms with Crippen LogP contribution in [0, 0.1) is 6.92 Å². The molecule has 0 saturated heterocycles. The van der Waals surface area contributed by atoms with Crippen LogP contribution in [0.15, 0.2) is 48.8 Å². The number of carbonyl (C=O) groups excluding carboxylic acids is 2. The van der Waals surface area contributed by atoms with Crippen LogP contribution in [0.1, 0.15) is 27.2 Å². The zero-order valence-corrected chi connectivity index (χ0v) is 14.5. The largest absolute Gasteiger partial charge is 0.451 e. The van der Waals surface area contributed by atoms with Crippen LogP contribution in [0.2, 0.25) is 0 Å². The third-order valence-electron chi connectivity index (χ3n) is 4.63. The van der Waals surface area contributed by atoms with E-state index < -0.39 is 5.97 Å². The van der Waals surface area contributed by atoms with E-state index >= 15 is 0 Å². The van der Waals surface area contributed by atoms with Gasteiger partial charge in [0, 0.05) is 25.5 Å². The lowest BCUT2D eigenvalue weighted by molar-refractivity contribution is -0.135. The molecule has 0 unspecified atom stereocenters. The van der Waals surface area contributed by atoms with Crippen LogP contribution in [0.3, 0.4) is 0 Å². The van der Waals surface area contributed by atoms with Crippen molar-refractivity contribution in [3.63, 3.8) is 0 Å². The van der Waals surface area contributed by atoms with Crippen molar-refractivity contribution < 1.29 is 14.3 Å². The number of aryl methyl sites for hydroxylation is 1. The molecule has 0 radical (unpaired) electrons. The fourth-order valence-corrected chi connectivity index (χ4v) is 3.18. The number of esters is 1. The molecular weight excluding hydrogens is 330 g/mol. The van der Waals surface area contributed by atoms with Crippen LogP contribution in [-0.4, -0.2) is 39.3 Å². The highest BCUT2D eigenvalue weighted by molar-refractivity contribution is 5.90. The Morgan fingerprint density at radius 2 is 2.00 bits per heavy atom. The minimum Gasteiger partial charge on any atom is -0.451 e. The van der Waals surface area contributed by atoms with Gasteiger partial charge in [0.2, 0.25) is 0 Å². The summed E-state index contributed by atoms with van der Waals surface area (Å²) in [7, 11) is 0. The number of nitrogens with zero attached hydrogens (tertiary/aromatic N) is 3. The van der Waals surface area contributed by atoms with Crippen molar-refractivity contribution in [1.29, 1.82) is 0 Å². The maximum Gasteiger partial charge on any atom is 0.359 e. The number of pyridine rings is 1. The number of aromatic nitrogens is 2. The molecule has 2 aromatic heterocycles. The number of fused-ring (bicyclic) bond motifs is 2. The molecule has 0 saturated carbocycles.